The van der Waals surface area contributed by atoms with E-state index in [9.17, 15) is 9.50 Å². The second kappa shape index (κ2) is 6.71. The molecule has 18 heavy (non-hydrogen) atoms. The van der Waals surface area contributed by atoms with Gasteiger partial charge >= 0.3 is 0 Å². The first-order valence-corrected chi connectivity index (χ1v) is 6.13. The Kier molecular flexibility index (Phi) is 5.56. The molecule has 0 spiro atoms. The zero-order valence-corrected chi connectivity index (χ0v) is 11.5. The van der Waals surface area contributed by atoms with Crippen molar-refractivity contribution in [3.8, 4) is 5.75 Å². The first-order chi connectivity index (χ1) is 8.49. The van der Waals surface area contributed by atoms with E-state index in [-0.39, 0.29) is 24.2 Å². The van der Waals surface area contributed by atoms with E-state index in [2.05, 4.69) is 13.8 Å². The highest BCUT2D eigenvalue weighted by Gasteiger charge is 2.18. The average Bonchev–Trinajstić information content (AvgIpc) is 2.29. The summed E-state index contributed by atoms with van der Waals surface area (Å²) in [6.07, 6.45) is 0. The number of hydrogen-bond donors (Lipinski definition) is 1. The molecule has 1 N–H and O–H groups in total. The third-order valence-corrected chi connectivity index (χ3v) is 3.17. The van der Waals surface area contributed by atoms with Crippen LogP contribution in [-0.4, -0.2) is 36.8 Å². The van der Waals surface area contributed by atoms with Gasteiger partial charge in [-0.1, -0.05) is 19.9 Å². The van der Waals surface area contributed by atoms with Gasteiger partial charge in [-0.3, -0.25) is 4.90 Å². The molecule has 1 unspecified atom stereocenters. The lowest BCUT2D eigenvalue weighted by Crippen LogP contribution is -2.38. The van der Waals surface area contributed by atoms with E-state index in [1.165, 1.54) is 13.2 Å². The Morgan fingerprint density at radius 2 is 2.06 bits per heavy atom. The summed E-state index contributed by atoms with van der Waals surface area (Å²) in [6.45, 7) is 4.83. The summed E-state index contributed by atoms with van der Waals surface area (Å²) in [7, 11) is 3.38. The van der Waals surface area contributed by atoms with Crippen molar-refractivity contribution in [2.75, 3.05) is 20.8 Å². The summed E-state index contributed by atoms with van der Waals surface area (Å²) in [5.74, 6) is 0.251. The van der Waals surface area contributed by atoms with Gasteiger partial charge in [0.15, 0.2) is 11.6 Å². The number of hydrogen-bond acceptors (Lipinski definition) is 3. The molecular formula is C14H22FNO2. The van der Waals surface area contributed by atoms with Crippen LogP contribution in [0, 0.1) is 11.7 Å². The Hall–Kier alpha value is -1.13. The normalized spacial score (nSPS) is 13.1. The van der Waals surface area contributed by atoms with Gasteiger partial charge < -0.3 is 9.84 Å². The van der Waals surface area contributed by atoms with Crippen LogP contribution in [0.25, 0.3) is 0 Å². The molecule has 0 fully saturated rings. The molecule has 4 heteroatoms. The molecule has 0 aliphatic rings. The maximum atomic E-state index is 13.5. The number of methoxy groups -OCH3 is 1. The van der Waals surface area contributed by atoms with Gasteiger partial charge in [-0.15, -0.1) is 0 Å². The highest BCUT2D eigenvalue weighted by atomic mass is 19.1. The number of rotatable bonds is 6. The lowest BCUT2D eigenvalue weighted by molar-refractivity contribution is 0.108. The average molecular weight is 255 g/mol. The molecule has 0 bridgehead atoms. The van der Waals surface area contributed by atoms with E-state index in [0.29, 0.717) is 12.5 Å². The quantitative estimate of drug-likeness (QED) is 0.846. The van der Waals surface area contributed by atoms with Gasteiger partial charge in [0.25, 0.3) is 0 Å². The zero-order valence-electron chi connectivity index (χ0n) is 11.5. The van der Waals surface area contributed by atoms with Gasteiger partial charge in [0, 0.05) is 12.6 Å². The van der Waals surface area contributed by atoms with Crippen LogP contribution in [-0.2, 0) is 6.54 Å². The van der Waals surface area contributed by atoms with Crippen molar-refractivity contribution in [3.05, 3.63) is 29.6 Å². The molecule has 1 atom stereocenters. The number of aliphatic hydroxyl groups excluding tert-OH is 1. The molecule has 0 aliphatic carbocycles. The van der Waals surface area contributed by atoms with Gasteiger partial charge in [0.2, 0.25) is 0 Å². The number of ether oxygens (including phenoxy) is 1. The summed E-state index contributed by atoms with van der Waals surface area (Å²) in [6, 6.07) is 5.02. The summed E-state index contributed by atoms with van der Waals surface area (Å²) < 4.78 is 18.4. The standard InChI is InChI=1S/C14H22FNO2/c1-10(2)13(9-17)16(3)8-11-5-6-14(18-4)12(15)7-11/h5-7,10,13,17H,8-9H2,1-4H3. The van der Waals surface area contributed by atoms with Crippen LogP contribution in [0.5, 0.6) is 5.75 Å². The minimum Gasteiger partial charge on any atom is -0.494 e. The largest absolute Gasteiger partial charge is 0.494 e. The number of aliphatic hydroxyl groups is 1. The fraction of sp³-hybridized carbons (Fsp3) is 0.571. The predicted molar refractivity (Wildman–Crippen MR) is 70.1 cm³/mol. The van der Waals surface area contributed by atoms with Gasteiger partial charge in [0.05, 0.1) is 13.7 Å². The second-order valence-corrected chi connectivity index (χ2v) is 4.88. The number of benzene rings is 1. The highest BCUT2D eigenvalue weighted by molar-refractivity contribution is 5.29. The summed E-state index contributed by atoms with van der Waals surface area (Å²) >= 11 is 0. The van der Waals surface area contributed by atoms with Crippen LogP contribution in [0.3, 0.4) is 0 Å². The third kappa shape index (κ3) is 3.68. The molecule has 0 amide bonds. The third-order valence-electron chi connectivity index (χ3n) is 3.17. The minimum atomic E-state index is -0.353. The highest BCUT2D eigenvalue weighted by Crippen LogP contribution is 2.19. The smallest absolute Gasteiger partial charge is 0.165 e. The Morgan fingerprint density at radius 1 is 1.39 bits per heavy atom. The molecule has 0 radical (unpaired) electrons. The fourth-order valence-corrected chi connectivity index (χ4v) is 2.07. The van der Waals surface area contributed by atoms with Crippen LogP contribution >= 0.6 is 0 Å². The Labute approximate surface area is 108 Å². The maximum absolute atomic E-state index is 13.5. The molecule has 0 heterocycles. The number of halogens is 1. The van der Waals surface area contributed by atoms with Crippen molar-refractivity contribution >= 4 is 0 Å². The SMILES string of the molecule is COc1ccc(CN(C)C(CO)C(C)C)cc1F. The molecule has 102 valence electrons. The van der Waals surface area contributed by atoms with E-state index < -0.39 is 0 Å². The van der Waals surface area contributed by atoms with E-state index in [1.54, 1.807) is 6.07 Å². The lowest BCUT2D eigenvalue weighted by atomic mass is 10.0. The lowest BCUT2D eigenvalue weighted by Gasteiger charge is -2.29. The monoisotopic (exact) mass is 255 g/mol. The zero-order chi connectivity index (χ0) is 13.7. The molecule has 1 rings (SSSR count). The topological polar surface area (TPSA) is 32.7 Å². The van der Waals surface area contributed by atoms with Gasteiger partial charge in [0.1, 0.15) is 0 Å². The van der Waals surface area contributed by atoms with Gasteiger partial charge in [-0.05, 0) is 30.7 Å². The van der Waals surface area contributed by atoms with Crippen molar-refractivity contribution in [1.29, 1.82) is 0 Å². The number of likely N-dealkylation sites (N-methyl/N-ethyl adjacent to an activating group) is 1. The molecule has 0 aromatic heterocycles. The number of nitrogens with zero attached hydrogens (tertiary/aromatic N) is 1. The van der Waals surface area contributed by atoms with Crippen LogP contribution in [0.15, 0.2) is 18.2 Å². The fourth-order valence-electron chi connectivity index (χ4n) is 2.07. The first kappa shape index (κ1) is 14.9. The van der Waals surface area contributed by atoms with Gasteiger partial charge in [-0.2, -0.15) is 0 Å². The molecular weight excluding hydrogens is 233 g/mol. The molecule has 0 aliphatic heterocycles. The van der Waals surface area contributed by atoms with E-state index >= 15 is 0 Å². The summed E-state index contributed by atoms with van der Waals surface area (Å²) in [4.78, 5) is 2.03. The first-order valence-electron chi connectivity index (χ1n) is 6.13. The molecule has 1 aromatic rings. The van der Waals surface area contributed by atoms with Crippen molar-refractivity contribution in [2.24, 2.45) is 5.92 Å². The van der Waals surface area contributed by atoms with E-state index in [0.717, 1.165) is 5.56 Å². The van der Waals surface area contributed by atoms with Crippen molar-refractivity contribution < 1.29 is 14.2 Å². The van der Waals surface area contributed by atoms with Crippen molar-refractivity contribution in [3.63, 3.8) is 0 Å². The van der Waals surface area contributed by atoms with Gasteiger partial charge in [-0.25, -0.2) is 4.39 Å². The van der Waals surface area contributed by atoms with E-state index in [4.69, 9.17) is 4.74 Å². The van der Waals surface area contributed by atoms with Crippen LogP contribution in [0.4, 0.5) is 4.39 Å². The van der Waals surface area contributed by atoms with Crippen molar-refractivity contribution in [1.82, 2.24) is 4.90 Å². The van der Waals surface area contributed by atoms with Crippen LogP contribution in [0.2, 0.25) is 0 Å². The molecule has 0 saturated carbocycles. The minimum absolute atomic E-state index is 0.0789. The Balaban J connectivity index is 2.75. The second-order valence-electron chi connectivity index (χ2n) is 4.88. The molecule has 0 saturated heterocycles. The Morgan fingerprint density at radius 3 is 2.50 bits per heavy atom. The summed E-state index contributed by atoms with van der Waals surface area (Å²) in [5.41, 5.74) is 0.870. The Bertz CT molecular complexity index is 382. The molecule has 3 nitrogen and oxygen atoms in total. The molecule has 1 aromatic carbocycles. The van der Waals surface area contributed by atoms with E-state index in [1.807, 2.05) is 18.0 Å². The van der Waals surface area contributed by atoms with Crippen LogP contribution < -0.4 is 4.74 Å². The summed E-state index contributed by atoms with van der Waals surface area (Å²) in [5, 5.41) is 9.35. The predicted octanol–water partition coefficient (Wildman–Crippen LogP) is 2.28. The van der Waals surface area contributed by atoms with Crippen molar-refractivity contribution in [2.45, 2.75) is 26.4 Å². The van der Waals surface area contributed by atoms with Crippen LogP contribution in [0.1, 0.15) is 19.4 Å². The maximum Gasteiger partial charge on any atom is 0.165 e.